The molecule has 3 heteroatoms. The number of carbonyl (C=O) groups is 1. The molecule has 0 fully saturated rings. The van der Waals surface area contributed by atoms with Crippen LogP contribution in [0.3, 0.4) is 0 Å². The third-order valence-electron chi connectivity index (χ3n) is 1.32. The monoisotopic (exact) mass is 159 g/mol. The van der Waals surface area contributed by atoms with Crippen LogP contribution in [0.2, 0.25) is 0 Å². The highest BCUT2D eigenvalue weighted by atomic mass is 16.6. The van der Waals surface area contributed by atoms with Gasteiger partial charge in [0, 0.05) is 6.04 Å². The van der Waals surface area contributed by atoms with E-state index < -0.39 is 0 Å². The predicted octanol–water partition coefficient (Wildman–Crippen LogP) is 1.92. The van der Waals surface area contributed by atoms with E-state index in [9.17, 15) is 4.79 Å². The zero-order valence-corrected chi connectivity index (χ0v) is 7.68. The maximum absolute atomic E-state index is 10.9. The number of rotatable bonds is 3. The van der Waals surface area contributed by atoms with Crippen molar-refractivity contribution < 1.29 is 9.53 Å². The lowest BCUT2D eigenvalue weighted by atomic mass is 10.3. The van der Waals surface area contributed by atoms with Crippen molar-refractivity contribution in [2.45, 2.75) is 46.3 Å². The van der Waals surface area contributed by atoms with E-state index in [1.165, 1.54) is 0 Å². The van der Waals surface area contributed by atoms with Crippen molar-refractivity contribution in [2.75, 3.05) is 0 Å². The van der Waals surface area contributed by atoms with Crippen molar-refractivity contribution in [3.63, 3.8) is 0 Å². The maximum Gasteiger partial charge on any atom is 0.407 e. The Hall–Kier alpha value is -0.730. The van der Waals surface area contributed by atoms with Crippen LogP contribution in [0.4, 0.5) is 4.79 Å². The summed E-state index contributed by atoms with van der Waals surface area (Å²) in [5.41, 5.74) is 0. The van der Waals surface area contributed by atoms with Crippen molar-refractivity contribution in [2.24, 2.45) is 0 Å². The first kappa shape index (κ1) is 10.3. The first-order valence-electron chi connectivity index (χ1n) is 4.03. The van der Waals surface area contributed by atoms with Gasteiger partial charge in [0.15, 0.2) is 0 Å². The first-order chi connectivity index (χ1) is 5.06. The Balaban J connectivity index is 3.52. The largest absolute Gasteiger partial charge is 0.447 e. The normalized spacial score (nSPS) is 12.8. The summed E-state index contributed by atoms with van der Waals surface area (Å²) < 4.78 is 4.87. The quantitative estimate of drug-likeness (QED) is 0.683. The topological polar surface area (TPSA) is 38.3 Å². The Morgan fingerprint density at radius 2 is 2.00 bits per heavy atom. The van der Waals surface area contributed by atoms with Gasteiger partial charge in [0.25, 0.3) is 0 Å². The molecule has 0 aromatic rings. The molecule has 0 spiro atoms. The van der Waals surface area contributed by atoms with Crippen molar-refractivity contribution in [3.8, 4) is 0 Å². The highest BCUT2D eigenvalue weighted by molar-refractivity contribution is 5.67. The van der Waals surface area contributed by atoms with Crippen molar-refractivity contribution >= 4 is 6.09 Å². The summed E-state index contributed by atoms with van der Waals surface area (Å²) in [4.78, 5) is 10.9. The number of alkyl carbamates (subject to hydrolysis) is 1. The van der Waals surface area contributed by atoms with Gasteiger partial charge in [-0.2, -0.15) is 0 Å². The second-order valence-corrected chi connectivity index (χ2v) is 2.91. The first-order valence-corrected chi connectivity index (χ1v) is 4.03. The lowest BCUT2D eigenvalue weighted by Gasteiger charge is -2.13. The fraction of sp³-hybridized carbons (Fsp3) is 0.875. The molecule has 0 saturated carbocycles. The molecule has 1 amide bonds. The van der Waals surface area contributed by atoms with Crippen LogP contribution >= 0.6 is 0 Å². The predicted molar refractivity (Wildman–Crippen MR) is 44.5 cm³/mol. The zero-order chi connectivity index (χ0) is 8.85. The molecule has 0 heterocycles. The average molecular weight is 159 g/mol. The van der Waals surface area contributed by atoms with E-state index in [2.05, 4.69) is 5.32 Å². The third kappa shape index (κ3) is 5.70. The van der Waals surface area contributed by atoms with Gasteiger partial charge in [0.1, 0.15) is 0 Å². The average Bonchev–Trinajstić information content (AvgIpc) is 1.85. The molecular weight excluding hydrogens is 142 g/mol. The van der Waals surface area contributed by atoms with E-state index >= 15 is 0 Å². The molecule has 0 aliphatic carbocycles. The second-order valence-electron chi connectivity index (χ2n) is 2.91. The highest BCUT2D eigenvalue weighted by Gasteiger charge is 2.06. The van der Waals surface area contributed by atoms with Gasteiger partial charge in [-0.05, 0) is 27.2 Å². The van der Waals surface area contributed by atoms with Crippen LogP contribution in [0.25, 0.3) is 0 Å². The van der Waals surface area contributed by atoms with E-state index in [-0.39, 0.29) is 18.2 Å². The summed E-state index contributed by atoms with van der Waals surface area (Å²) in [6, 6.07) is 0.196. The SMILES string of the molecule is CCC(C)NC(=O)OC(C)C. The Bertz CT molecular complexity index is 123. The standard InChI is InChI=1S/C8H17NO2/c1-5-7(4)9-8(10)11-6(2)3/h6-7H,5H2,1-4H3,(H,9,10). The number of nitrogens with one attached hydrogen (secondary N) is 1. The van der Waals surface area contributed by atoms with Crippen LogP contribution in [0, 0.1) is 0 Å². The molecule has 0 bridgehead atoms. The third-order valence-corrected chi connectivity index (χ3v) is 1.32. The fourth-order valence-corrected chi connectivity index (χ4v) is 0.551. The van der Waals surface area contributed by atoms with E-state index in [1.54, 1.807) is 0 Å². The molecule has 11 heavy (non-hydrogen) atoms. The lowest BCUT2D eigenvalue weighted by molar-refractivity contribution is 0.112. The van der Waals surface area contributed by atoms with Gasteiger partial charge < -0.3 is 10.1 Å². The van der Waals surface area contributed by atoms with E-state index in [4.69, 9.17) is 4.74 Å². The highest BCUT2D eigenvalue weighted by Crippen LogP contribution is 1.92. The van der Waals surface area contributed by atoms with Crippen molar-refractivity contribution in [1.29, 1.82) is 0 Å². The number of carbonyl (C=O) groups excluding carboxylic acids is 1. The molecular formula is C8H17NO2. The van der Waals surface area contributed by atoms with Gasteiger partial charge in [0.05, 0.1) is 6.10 Å². The molecule has 0 aromatic heterocycles. The van der Waals surface area contributed by atoms with Crippen LogP contribution in [0.15, 0.2) is 0 Å². The van der Waals surface area contributed by atoms with Crippen LogP contribution in [0.5, 0.6) is 0 Å². The molecule has 1 unspecified atom stereocenters. The molecule has 0 radical (unpaired) electrons. The van der Waals surface area contributed by atoms with Gasteiger partial charge >= 0.3 is 6.09 Å². The van der Waals surface area contributed by atoms with Crippen LogP contribution < -0.4 is 5.32 Å². The van der Waals surface area contributed by atoms with Gasteiger partial charge in [-0.3, -0.25) is 0 Å². The molecule has 0 aliphatic heterocycles. The van der Waals surface area contributed by atoms with Gasteiger partial charge in [-0.1, -0.05) is 6.92 Å². The van der Waals surface area contributed by atoms with Crippen LogP contribution in [-0.4, -0.2) is 18.2 Å². The molecule has 0 aromatic carbocycles. The molecule has 66 valence electrons. The zero-order valence-electron chi connectivity index (χ0n) is 7.68. The minimum absolute atomic E-state index is 0.0425. The summed E-state index contributed by atoms with van der Waals surface area (Å²) in [6.07, 6.45) is 0.557. The minimum Gasteiger partial charge on any atom is -0.447 e. The Morgan fingerprint density at radius 1 is 1.45 bits per heavy atom. The Morgan fingerprint density at radius 3 is 2.36 bits per heavy atom. The van der Waals surface area contributed by atoms with E-state index in [1.807, 2.05) is 27.7 Å². The number of hydrogen-bond donors (Lipinski definition) is 1. The van der Waals surface area contributed by atoms with E-state index in [0.29, 0.717) is 0 Å². The Kier molecular flexibility index (Phi) is 4.66. The van der Waals surface area contributed by atoms with Gasteiger partial charge in [-0.15, -0.1) is 0 Å². The fourth-order valence-electron chi connectivity index (χ4n) is 0.551. The molecule has 0 rings (SSSR count). The molecule has 1 atom stereocenters. The van der Waals surface area contributed by atoms with Crippen molar-refractivity contribution in [1.82, 2.24) is 5.32 Å². The van der Waals surface area contributed by atoms with E-state index in [0.717, 1.165) is 6.42 Å². The summed E-state index contributed by atoms with van der Waals surface area (Å²) in [5.74, 6) is 0. The maximum atomic E-state index is 10.9. The summed E-state index contributed by atoms with van der Waals surface area (Å²) in [5, 5.41) is 2.70. The second kappa shape index (κ2) is 4.99. The number of hydrogen-bond acceptors (Lipinski definition) is 2. The molecule has 3 nitrogen and oxygen atoms in total. The summed E-state index contributed by atoms with van der Waals surface area (Å²) in [7, 11) is 0. The summed E-state index contributed by atoms with van der Waals surface area (Å²) in [6.45, 7) is 7.62. The van der Waals surface area contributed by atoms with Crippen molar-refractivity contribution in [3.05, 3.63) is 0 Å². The van der Waals surface area contributed by atoms with Gasteiger partial charge in [-0.25, -0.2) is 4.79 Å². The number of ether oxygens (including phenoxy) is 1. The van der Waals surface area contributed by atoms with Gasteiger partial charge in [0.2, 0.25) is 0 Å². The molecule has 0 aliphatic rings. The minimum atomic E-state index is -0.325. The lowest BCUT2D eigenvalue weighted by Crippen LogP contribution is -2.33. The Labute approximate surface area is 68.1 Å². The molecule has 1 N–H and O–H groups in total. The molecule has 0 saturated heterocycles. The van der Waals surface area contributed by atoms with Crippen LogP contribution in [-0.2, 0) is 4.74 Å². The summed E-state index contributed by atoms with van der Waals surface area (Å²) >= 11 is 0. The smallest absolute Gasteiger partial charge is 0.407 e. The van der Waals surface area contributed by atoms with Crippen LogP contribution in [0.1, 0.15) is 34.1 Å². The number of amides is 1.